The lowest BCUT2D eigenvalue weighted by Crippen LogP contribution is -1.97. The fourth-order valence-corrected chi connectivity index (χ4v) is 1.69. The van der Waals surface area contributed by atoms with Crippen LogP contribution >= 0.6 is 15.9 Å². The molecule has 1 N–H and O–H groups in total. The van der Waals surface area contributed by atoms with Crippen LogP contribution in [0.4, 0.5) is 0 Å². The van der Waals surface area contributed by atoms with E-state index in [4.69, 9.17) is 4.74 Å². The normalized spacial score (nSPS) is 21.1. The van der Waals surface area contributed by atoms with Gasteiger partial charge in [-0.25, -0.2) is 0 Å². The van der Waals surface area contributed by atoms with Crippen molar-refractivity contribution in [2.75, 3.05) is 6.61 Å². The molecule has 0 spiro atoms. The Morgan fingerprint density at radius 1 is 1.55 bits per heavy atom. The molecule has 1 atom stereocenters. The number of fused-ring (bicyclic) bond motifs is 1. The molecule has 1 aromatic rings. The molecule has 0 radical (unpaired) electrons. The van der Waals surface area contributed by atoms with Crippen LogP contribution in [0.1, 0.15) is 11.7 Å². The summed E-state index contributed by atoms with van der Waals surface area (Å²) >= 11 is 3.34. The first kappa shape index (κ1) is 7.13. The van der Waals surface area contributed by atoms with E-state index in [1.165, 1.54) is 0 Å². The SMILES string of the molecule is OC1COc2c(Br)cccc21. The fourth-order valence-electron chi connectivity index (χ4n) is 1.19. The second kappa shape index (κ2) is 2.50. The molecule has 0 aromatic heterocycles. The minimum absolute atomic E-state index is 0.373. The largest absolute Gasteiger partial charge is 0.489 e. The predicted molar refractivity (Wildman–Crippen MR) is 44.6 cm³/mol. The van der Waals surface area contributed by atoms with Crippen LogP contribution in [0.5, 0.6) is 5.75 Å². The lowest BCUT2D eigenvalue weighted by molar-refractivity contribution is 0.140. The van der Waals surface area contributed by atoms with Gasteiger partial charge >= 0.3 is 0 Å². The highest BCUT2D eigenvalue weighted by Crippen LogP contribution is 2.37. The molecule has 1 aliphatic rings. The Hall–Kier alpha value is -0.540. The van der Waals surface area contributed by atoms with Gasteiger partial charge in [0.1, 0.15) is 18.5 Å². The van der Waals surface area contributed by atoms with E-state index in [9.17, 15) is 5.11 Å². The van der Waals surface area contributed by atoms with Crippen LogP contribution in [0.2, 0.25) is 0 Å². The minimum atomic E-state index is -0.456. The minimum Gasteiger partial charge on any atom is -0.489 e. The Morgan fingerprint density at radius 2 is 2.36 bits per heavy atom. The first-order chi connectivity index (χ1) is 5.29. The van der Waals surface area contributed by atoms with E-state index in [1.807, 2.05) is 18.2 Å². The van der Waals surface area contributed by atoms with Gasteiger partial charge in [0.2, 0.25) is 0 Å². The van der Waals surface area contributed by atoms with Crippen LogP contribution in [-0.4, -0.2) is 11.7 Å². The van der Waals surface area contributed by atoms with Crippen molar-refractivity contribution in [2.45, 2.75) is 6.10 Å². The van der Waals surface area contributed by atoms with Crippen LogP contribution in [0.15, 0.2) is 22.7 Å². The maximum Gasteiger partial charge on any atom is 0.139 e. The van der Waals surface area contributed by atoms with Crippen molar-refractivity contribution in [2.24, 2.45) is 0 Å². The van der Waals surface area contributed by atoms with Crippen molar-refractivity contribution in [3.05, 3.63) is 28.2 Å². The van der Waals surface area contributed by atoms with Gasteiger partial charge in [0.05, 0.1) is 4.47 Å². The molecule has 1 aromatic carbocycles. The van der Waals surface area contributed by atoms with E-state index in [0.29, 0.717) is 6.61 Å². The number of benzene rings is 1. The average molecular weight is 215 g/mol. The summed E-state index contributed by atoms with van der Waals surface area (Å²) in [5.74, 6) is 0.778. The highest BCUT2D eigenvalue weighted by molar-refractivity contribution is 9.10. The average Bonchev–Trinajstić information content (AvgIpc) is 2.35. The third-order valence-corrected chi connectivity index (χ3v) is 2.37. The van der Waals surface area contributed by atoms with Crippen molar-refractivity contribution in [1.82, 2.24) is 0 Å². The molecular weight excluding hydrogens is 208 g/mol. The van der Waals surface area contributed by atoms with Crippen molar-refractivity contribution < 1.29 is 9.84 Å². The molecule has 0 bridgehead atoms. The summed E-state index contributed by atoms with van der Waals surface area (Å²) in [6.45, 7) is 0.373. The Kier molecular flexibility index (Phi) is 1.62. The highest BCUT2D eigenvalue weighted by Gasteiger charge is 2.22. The molecular formula is C8H7BrO2. The van der Waals surface area contributed by atoms with Gasteiger partial charge < -0.3 is 9.84 Å². The van der Waals surface area contributed by atoms with E-state index >= 15 is 0 Å². The molecule has 0 aliphatic carbocycles. The molecule has 11 heavy (non-hydrogen) atoms. The van der Waals surface area contributed by atoms with Crippen molar-refractivity contribution in [3.63, 3.8) is 0 Å². The predicted octanol–water partition coefficient (Wildman–Crippen LogP) is 1.87. The lowest BCUT2D eigenvalue weighted by Gasteiger charge is -1.99. The van der Waals surface area contributed by atoms with Crippen molar-refractivity contribution in [1.29, 1.82) is 0 Å². The molecule has 0 saturated heterocycles. The number of halogens is 1. The molecule has 3 heteroatoms. The van der Waals surface area contributed by atoms with E-state index in [-0.39, 0.29) is 0 Å². The van der Waals surface area contributed by atoms with Crippen LogP contribution in [0, 0.1) is 0 Å². The van der Waals surface area contributed by atoms with Gasteiger partial charge in [-0.1, -0.05) is 12.1 Å². The van der Waals surface area contributed by atoms with Crippen LogP contribution in [-0.2, 0) is 0 Å². The molecule has 2 rings (SSSR count). The topological polar surface area (TPSA) is 29.5 Å². The van der Waals surface area contributed by atoms with Gasteiger partial charge in [0.15, 0.2) is 0 Å². The third kappa shape index (κ3) is 1.04. The summed E-state index contributed by atoms with van der Waals surface area (Å²) in [5.41, 5.74) is 0.874. The van der Waals surface area contributed by atoms with Gasteiger partial charge in [0.25, 0.3) is 0 Å². The smallest absolute Gasteiger partial charge is 0.139 e. The summed E-state index contributed by atoms with van der Waals surface area (Å²) in [5, 5.41) is 9.36. The summed E-state index contributed by atoms with van der Waals surface area (Å²) in [4.78, 5) is 0. The lowest BCUT2D eigenvalue weighted by atomic mass is 10.1. The van der Waals surface area contributed by atoms with Gasteiger partial charge in [-0.05, 0) is 22.0 Å². The first-order valence-corrected chi connectivity index (χ1v) is 4.17. The van der Waals surface area contributed by atoms with Gasteiger partial charge in [-0.2, -0.15) is 0 Å². The standard InChI is InChI=1S/C8H7BrO2/c9-6-3-1-2-5-7(10)4-11-8(5)6/h1-3,7,10H,4H2. The molecule has 0 saturated carbocycles. The number of ether oxygens (including phenoxy) is 1. The molecule has 1 unspecified atom stereocenters. The number of rotatable bonds is 0. The van der Waals surface area contributed by atoms with Crippen LogP contribution < -0.4 is 4.74 Å². The van der Waals surface area contributed by atoms with Gasteiger partial charge in [-0.3, -0.25) is 0 Å². The number of aliphatic hydroxyl groups excluding tert-OH is 1. The highest BCUT2D eigenvalue weighted by atomic mass is 79.9. The Labute approximate surface area is 72.9 Å². The second-order valence-electron chi connectivity index (χ2n) is 2.48. The van der Waals surface area contributed by atoms with Crippen molar-refractivity contribution >= 4 is 15.9 Å². The molecule has 0 fully saturated rings. The molecule has 2 nitrogen and oxygen atoms in total. The summed E-state index contributed by atoms with van der Waals surface area (Å²) in [6, 6.07) is 5.66. The zero-order valence-corrected chi connectivity index (χ0v) is 7.34. The second-order valence-corrected chi connectivity index (χ2v) is 3.34. The molecule has 1 heterocycles. The van der Waals surface area contributed by atoms with Gasteiger partial charge in [0, 0.05) is 5.56 Å². The number of hydrogen-bond donors (Lipinski definition) is 1. The maximum atomic E-state index is 9.36. The first-order valence-electron chi connectivity index (χ1n) is 3.38. The Bertz CT molecular complexity index is 285. The molecule has 1 aliphatic heterocycles. The third-order valence-electron chi connectivity index (χ3n) is 1.74. The summed E-state index contributed by atoms with van der Waals surface area (Å²) in [6.07, 6.45) is -0.456. The van der Waals surface area contributed by atoms with Gasteiger partial charge in [-0.15, -0.1) is 0 Å². The fraction of sp³-hybridized carbons (Fsp3) is 0.250. The van der Waals surface area contributed by atoms with E-state index in [0.717, 1.165) is 15.8 Å². The quantitative estimate of drug-likeness (QED) is 0.715. The number of aliphatic hydroxyl groups is 1. The molecule has 0 amide bonds. The number of hydrogen-bond acceptors (Lipinski definition) is 2. The van der Waals surface area contributed by atoms with E-state index in [2.05, 4.69) is 15.9 Å². The summed E-state index contributed by atoms with van der Waals surface area (Å²) in [7, 11) is 0. The number of para-hydroxylation sites is 1. The zero-order valence-electron chi connectivity index (χ0n) is 5.75. The molecule has 58 valence electrons. The van der Waals surface area contributed by atoms with Crippen LogP contribution in [0.3, 0.4) is 0 Å². The Morgan fingerprint density at radius 3 is 3.09 bits per heavy atom. The monoisotopic (exact) mass is 214 g/mol. The maximum absolute atomic E-state index is 9.36. The summed E-state index contributed by atoms with van der Waals surface area (Å²) < 4.78 is 6.15. The van der Waals surface area contributed by atoms with E-state index in [1.54, 1.807) is 0 Å². The van der Waals surface area contributed by atoms with Crippen molar-refractivity contribution in [3.8, 4) is 5.75 Å². The Balaban J connectivity index is 2.57. The zero-order chi connectivity index (χ0) is 7.84. The van der Waals surface area contributed by atoms with Crippen LogP contribution in [0.25, 0.3) is 0 Å². The van der Waals surface area contributed by atoms with E-state index < -0.39 is 6.10 Å².